The van der Waals surface area contributed by atoms with Gasteiger partial charge in [0.2, 0.25) is 0 Å². The van der Waals surface area contributed by atoms with Gasteiger partial charge in [0, 0.05) is 12.7 Å². The zero-order valence-electron chi connectivity index (χ0n) is 10.2. The molecule has 1 aliphatic carbocycles. The number of halogens is 2. The van der Waals surface area contributed by atoms with Crippen LogP contribution in [0.15, 0.2) is 48.1 Å². The summed E-state index contributed by atoms with van der Waals surface area (Å²) in [5, 5.41) is 0. The van der Waals surface area contributed by atoms with Crippen LogP contribution in [0.5, 0.6) is 5.75 Å². The first kappa shape index (κ1) is 13.4. The largest absolute Gasteiger partial charge is 0.480 e. The van der Waals surface area contributed by atoms with E-state index in [9.17, 15) is 13.6 Å². The van der Waals surface area contributed by atoms with Crippen molar-refractivity contribution < 1.29 is 23.0 Å². The summed E-state index contributed by atoms with van der Waals surface area (Å²) in [6, 6.07) is 5.15. The Hall–Kier alpha value is -2.01. The van der Waals surface area contributed by atoms with Gasteiger partial charge in [0.05, 0.1) is 0 Å². The molecular formula is C14H12F2O3. The fourth-order valence-corrected chi connectivity index (χ4v) is 1.69. The Labute approximate surface area is 109 Å². The molecule has 2 atom stereocenters. The van der Waals surface area contributed by atoms with Gasteiger partial charge >= 0.3 is 0 Å². The molecule has 0 radical (unpaired) electrons. The lowest BCUT2D eigenvalue weighted by Gasteiger charge is -2.30. The van der Waals surface area contributed by atoms with Crippen LogP contribution in [0.3, 0.4) is 0 Å². The van der Waals surface area contributed by atoms with Gasteiger partial charge in [-0.2, -0.15) is 0 Å². The Bertz CT molecular complexity index is 522. The third-order valence-electron chi connectivity index (χ3n) is 2.76. The third-order valence-corrected chi connectivity index (χ3v) is 2.76. The van der Waals surface area contributed by atoms with Crippen molar-refractivity contribution in [3.63, 3.8) is 0 Å². The summed E-state index contributed by atoms with van der Waals surface area (Å²) < 4.78 is 37.3. The number of allylic oxidation sites excluding steroid dienone is 2. The Morgan fingerprint density at radius 1 is 1.32 bits per heavy atom. The molecule has 0 fully saturated rings. The highest BCUT2D eigenvalue weighted by atomic mass is 19.2. The lowest BCUT2D eigenvalue weighted by Crippen LogP contribution is -2.42. The van der Waals surface area contributed by atoms with Crippen molar-refractivity contribution in [1.82, 2.24) is 0 Å². The number of benzene rings is 1. The Balaban J connectivity index is 2.24. The van der Waals surface area contributed by atoms with Gasteiger partial charge in [0.1, 0.15) is 17.9 Å². The Morgan fingerprint density at radius 3 is 2.58 bits per heavy atom. The van der Waals surface area contributed by atoms with E-state index in [1.54, 1.807) is 0 Å². The summed E-state index contributed by atoms with van der Waals surface area (Å²) in [7, 11) is 1.20. The highest BCUT2D eigenvalue weighted by Gasteiger charge is 2.40. The predicted octanol–water partition coefficient (Wildman–Crippen LogP) is 2.58. The summed E-state index contributed by atoms with van der Waals surface area (Å²) >= 11 is 0. The molecule has 100 valence electrons. The summed E-state index contributed by atoms with van der Waals surface area (Å²) in [6.45, 7) is 0. The number of hydrogen-bond donors (Lipinski definition) is 0. The van der Waals surface area contributed by atoms with E-state index in [0.717, 1.165) is 6.08 Å². The van der Waals surface area contributed by atoms with Crippen LogP contribution in [-0.2, 0) is 9.53 Å². The second-order valence-corrected chi connectivity index (χ2v) is 4.01. The number of carbonyl (C=O) groups excluding carboxylic acids is 1. The van der Waals surface area contributed by atoms with Gasteiger partial charge in [0.25, 0.3) is 5.85 Å². The molecule has 1 aromatic rings. The van der Waals surface area contributed by atoms with Crippen molar-refractivity contribution in [2.24, 2.45) is 0 Å². The van der Waals surface area contributed by atoms with E-state index in [2.05, 4.69) is 0 Å². The van der Waals surface area contributed by atoms with Crippen LogP contribution in [-0.4, -0.2) is 25.4 Å². The van der Waals surface area contributed by atoms with Crippen LogP contribution in [0.1, 0.15) is 0 Å². The average molecular weight is 266 g/mol. The molecule has 1 aromatic carbocycles. The maximum absolute atomic E-state index is 14.4. The second-order valence-electron chi connectivity index (χ2n) is 4.01. The smallest absolute Gasteiger partial charge is 0.269 e. The van der Waals surface area contributed by atoms with Gasteiger partial charge in [-0.05, 0) is 36.4 Å². The van der Waals surface area contributed by atoms with Crippen molar-refractivity contribution in [3.05, 3.63) is 53.9 Å². The van der Waals surface area contributed by atoms with Gasteiger partial charge in [-0.25, -0.2) is 8.78 Å². The van der Waals surface area contributed by atoms with E-state index in [4.69, 9.17) is 9.47 Å². The molecule has 0 spiro atoms. The van der Waals surface area contributed by atoms with Gasteiger partial charge < -0.3 is 9.47 Å². The molecule has 2 rings (SSSR count). The first-order valence-electron chi connectivity index (χ1n) is 5.60. The fourth-order valence-electron chi connectivity index (χ4n) is 1.69. The first-order valence-corrected chi connectivity index (χ1v) is 5.60. The molecule has 0 aromatic heterocycles. The van der Waals surface area contributed by atoms with Gasteiger partial charge in [0.15, 0.2) is 6.10 Å². The van der Waals surface area contributed by atoms with Gasteiger partial charge in [-0.15, -0.1) is 0 Å². The molecule has 0 heterocycles. The van der Waals surface area contributed by atoms with E-state index in [1.807, 2.05) is 0 Å². The number of rotatable bonds is 4. The number of hydrogen-bond acceptors (Lipinski definition) is 3. The summed E-state index contributed by atoms with van der Waals surface area (Å²) in [4.78, 5) is 10.7. The molecule has 5 heteroatoms. The quantitative estimate of drug-likeness (QED) is 0.786. The number of ether oxygens (including phenoxy) is 2. The van der Waals surface area contributed by atoms with E-state index in [0.29, 0.717) is 6.29 Å². The minimum absolute atomic E-state index is 0.280. The Morgan fingerprint density at radius 2 is 2.00 bits per heavy atom. The molecule has 19 heavy (non-hydrogen) atoms. The van der Waals surface area contributed by atoms with Gasteiger partial charge in [-0.1, -0.05) is 6.08 Å². The molecule has 0 N–H and O–H groups in total. The lowest BCUT2D eigenvalue weighted by atomic mass is 10.0. The lowest BCUT2D eigenvalue weighted by molar-refractivity contribution is -0.132. The molecular weight excluding hydrogens is 254 g/mol. The molecule has 0 aliphatic heterocycles. The number of methoxy groups -OCH3 is 1. The normalized spacial score (nSPS) is 25.8. The van der Waals surface area contributed by atoms with Crippen molar-refractivity contribution in [2.45, 2.75) is 12.0 Å². The zero-order chi connectivity index (χ0) is 13.9. The van der Waals surface area contributed by atoms with Crippen LogP contribution >= 0.6 is 0 Å². The van der Waals surface area contributed by atoms with Crippen LogP contribution < -0.4 is 4.74 Å². The number of aldehydes is 1. The van der Waals surface area contributed by atoms with Crippen molar-refractivity contribution >= 4 is 6.29 Å². The maximum Gasteiger partial charge on any atom is 0.269 e. The highest BCUT2D eigenvalue weighted by Crippen LogP contribution is 2.29. The van der Waals surface area contributed by atoms with Crippen LogP contribution in [0.2, 0.25) is 0 Å². The number of carbonyl (C=O) groups is 1. The molecule has 0 bridgehead atoms. The SMILES string of the molecule is COC1(F)C=CC(C=O)=CC1Oc1ccc(F)cc1. The minimum atomic E-state index is -2.17. The third kappa shape index (κ3) is 2.88. The summed E-state index contributed by atoms with van der Waals surface area (Å²) in [5.74, 6) is -2.30. The maximum atomic E-state index is 14.4. The molecule has 0 saturated heterocycles. The molecule has 0 saturated carbocycles. The monoisotopic (exact) mass is 266 g/mol. The Kier molecular flexibility index (Phi) is 3.76. The van der Waals surface area contributed by atoms with Gasteiger partial charge in [-0.3, -0.25) is 4.79 Å². The fraction of sp³-hybridized carbons (Fsp3) is 0.214. The molecule has 1 aliphatic rings. The zero-order valence-corrected chi connectivity index (χ0v) is 10.2. The molecule has 0 amide bonds. The molecule has 3 nitrogen and oxygen atoms in total. The van der Waals surface area contributed by atoms with E-state index in [1.165, 1.54) is 43.5 Å². The summed E-state index contributed by atoms with van der Waals surface area (Å²) in [6.07, 6.45) is 3.23. The van der Waals surface area contributed by atoms with E-state index >= 15 is 0 Å². The average Bonchev–Trinajstić information content (AvgIpc) is 2.43. The standard InChI is InChI=1S/C14H12F2O3/c1-18-14(16)7-6-10(9-17)8-13(14)19-12-4-2-11(15)3-5-12/h2-9,13H,1H3. The van der Waals surface area contributed by atoms with Crippen LogP contribution in [0, 0.1) is 5.82 Å². The van der Waals surface area contributed by atoms with Crippen molar-refractivity contribution in [3.8, 4) is 5.75 Å². The van der Waals surface area contributed by atoms with Crippen molar-refractivity contribution in [2.75, 3.05) is 7.11 Å². The second kappa shape index (κ2) is 5.32. The topological polar surface area (TPSA) is 35.5 Å². The van der Waals surface area contributed by atoms with E-state index in [-0.39, 0.29) is 11.3 Å². The summed E-state index contributed by atoms with van der Waals surface area (Å²) in [5.41, 5.74) is 0.289. The minimum Gasteiger partial charge on any atom is -0.480 e. The van der Waals surface area contributed by atoms with Crippen molar-refractivity contribution in [1.29, 1.82) is 0 Å². The molecule has 2 unspecified atom stereocenters. The number of alkyl halides is 1. The first-order chi connectivity index (χ1) is 9.07. The highest BCUT2D eigenvalue weighted by molar-refractivity contribution is 5.78. The van der Waals surface area contributed by atoms with Crippen LogP contribution in [0.4, 0.5) is 8.78 Å². The van der Waals surface area contributed by atoms with E-state index < -0.39 is 17.8 Å². The predicted molar refractivity (Wildman–Crippen MR) is 65.0 cm³/mol. The van der Waals surface area contributed by atoms with Crippen LogP contribution in [0.25, 0.3) is 0 Å².